The highest BCUT2D eigenvalue weighted by Gasteiger charge is 2.08. The molecule has 3 aromatic rings. The summed E-state index contributed by atoms with van der Waals surface area (Å²) in [6.07, 6.45) is 2.89. The van der Waals surface area contributed by atoms with E-state index in [0.717, 1.165) is 22.8 Å². The van der Waals surface area contributed by atoms with E-state index in [1.807, 2.05) is 29.5 Å². The molecule has 0 spiro atoms. The van der Waals surface area contributed by atoms with Gasteiger partial charge < -0.3 is 0 Å². The zero-order chi connectivity index (χ0) is 12.4. The third-order valence-electron chi connectivity index (χ3n) is 2.65. The van der Waals surface area contributed by atoms with E-state index in [2.05, 4.69) is 34.4 Å². The summed E-state index contributed by atoms with van der Waals surface area (Å²) in [5.74, 6) is 0. The zero-order valence-corrected chi connectivity index (χ0v) is 11.6. The predicted octanol–water partition coefficient (Wildman–Crippen LogP) is 4.50. The van der Waals surface area contributed by atoms with Gasteiger partial charge in [0.15, 0.2) is 0 Å². The van der Waals surface area contributed by atoms with Gasteiger partial charge in [-0.15, -0.1) is 22.7 Å². The monoisotopic (exact) mass is 272 g/mol. The molecule has 0 saturated heterocycles. The van der Waals surface area contributed by atoms with Crippen LogP contribution in [0, 0.1) is 0 Å². The number of thiophene rings is 1. The number of nitrogens with zero attached hydrogens (tertiary/aromatic N) is 2. The molecule has 0 fully saturated rings. The lowest BCUT2D eigenvalue weighted by atomic mass is 10.3. The largest absolute Gasteiger partial charge is 0.254 e. The predicted molar refractivity (Wildman–Crippen MR) is 78.0 cm³/mol. The second kappa shape index (κ2) is 5.00. The minimum atomic E-state index is 0.945. The number of hydrogen-bond acceptors (Lipinski definition) is 4. The molecule has 3 heterocycles. The Morgan fingerprint density at radius 1 is 1.11 bits per heavy atom. The summed E-state index contributed by atoms with van der Waals surface area (Å²) < 4.78 is 0. The quantitative estimate of drug-likeness (QED) is 0.701. The second-order valence-electron chi connectivity index (χ2n) is 3.87. The lowest BCUT2D eigenvalue weighted by molar-refractivity contribution is 1.19. The van der Waals surface area contributed by atoms with Crippen LogP contribution >= 0.6 is 22.7 Å². The third-order valence-corrected chi connectivity index (χ3v) is 4.77. The molecular weight excluding hydrogens is 260 g/mol. The van der Waals surface area contributed by atoms with Crippen LogP contribution in [0.5, 0.6) is 0 Å². The van der Waals surface area contributed by atoms with Gasteiger partial charge >= 0.3 is 0 Å². The van der Waals surface area contributed by atoms with Crippen molar-refractivity contribution in [2.24, 2.45) is 0 Å². The van der Waals surface area contributed by atoms with Gasteiger partial charge in [-0.05, 0) is 30.7 Å². The van der Waals surface area contributed by atoms with Crippen LogP contribution in [0.15, 0.2) is 41.9 Å². The highest BCUT2D eigenvalue weighted by molar-refractivity contribution is 7.16. The molecule has 0 saturated carbocycles. The van der Waals surface area contributed by atoms with Gasteiger partial charge in [-0.2, -0.15) is 0 Å². The Balaban J connectivity index is 1.94. The molecule has 0 unspecified atom stereocenters. The summed E-state index contributed by atoms with van der Waals surface area (Å²) in [6, 6.07) is 10.2. The van der Waals surface area contributed by atoms with Gasteiger partial charge in [-0.3, -0.25) is 4.98 Å². The molecule has 3 rings (SSSR count). The van der Waals surface area contributed by atoms with Crippen LogP contribution < -0.4 is 0 Å². The number of thiazole rings is 1. The first-order valence-corrected chi connectivity index (χ1v) is 7.52. The minimum absolute atomic E-state index is 0.945. The Kier molecular flexibility index (Phi) is 3.21. The Morgan fingerprint density at radius 3 is 2.78 bits per heavy atom. The highest BCUT2D eigenvalue weighted by atomic mass is 32.1. The molecule has 0 aliphatic heterocycles. The van der Waals surface area contributed by atoms with Gasteiger partial charge in [0.2, 0.25) is 0 Å². The van der Waals surface area contributed by atoms with Crippen molar-refractivity contribution in [3.63, 3.8) is 0 Å². The lowest BCUT2D eigenvalue weighted by Gasteiger charge is -1.92. The molecule has 2 nitrogen and oxygen atoms in total. The highest BCUT2D eigenvalue weighted by Crippen LogP contribution is 2.32. The maximum Gasteiger partial charge on any atom is 0.142 e. The van der Waals surface area contributed by atoms with Gasteiger partial charge in [0.1, 0.15) is 5.01 Å². The smallest absolute Gasteiger partial charge is 0.142 e. The van der Waals surface area contributed by atoms with Gasteiger partial charge in [0.05, 0.1) is 16.3 Å². The summed E-state index contributed by atoms with van der Waals surface area (Å²) in [5.41, 5.74) is 2.01. The van der Waals surface area contributed by atoms with Gasteiger partial charge in [0.25, 0.3) is 0 Å². The molecule has 3 aromatic heterocycles. The van der Waals surface area contributed by atoms with E-state index in [-0.39, 0.29) is 0 Å². The third kappa shape index (κ3) is 2.21. The second-order valence-corrected chi connectivity index (χ2v) is 5.90. The molecule has 0 bridgehead atoms. The van der Waals surface area contributed by atoms with Crippen LogP contribution in [-0.2, 0) is 6.42 Å². The Bertz CT molecular complexity index is 641. The van der Waals surface area contributed by atoms with E-state index in [1.165, 1.54) is 9.75 Å². The molecule has 4 heteroatoms. The average molecular weight is 272 g/mol. The first kappa shape index (κ1) is 11.6. The van der Waals surface area contributed by atoms with Crippen molar-refractivity contribution in [1.29, 1.82) is 0 Å². The molecule has 0 atom stereocenters. The number of hydrogen-bond donors (Lipinski definition) is 0. The van der Waals surface area contributed by atoms with Crippen LogP contribution in [0.3, 0.4) is 0 Å². The van der Waals surface area contributed by atoms with Gasteiger partial charge in [0, 0.05) is 16.5 Å². The molecular formula is C14H12N2S2. The van der Waals surface area contributed by atoms with Crippen LogP contribution in [0.2, 0.25) is 0 Å². The van der Waals surface area contributed by atoms with E-state index >= 15 is 0 Å². The van der Waals surface area contributed by atoms with E-state index in [9.17, 15) is 0 Å². The fourth-order valence-electron chi connectivity index (χ4n) is 1.70. The normalized spacial score (nSPS) is 10.7. The number of rotatable bonds is 3. The molecule has 90 valence electrons. The first-order chi connectivity index (χ1) is 8.86. The van der Waals surface area contributed by atoms with Crippen molar-refractivity contribution in [2.45, 2.75) is 13.3 Å². The Morgan fingerprint density at radius 2 is 2.06 bits per heavy atom. The molecule has 0 radical (unpaired) electrons. The topological polar surface area (TPSA) is 25.8 Å². The molecule has 0 aliphatic rings. The van der Waals surface area contributed by atoms with E-state index < -0.39 is 0 Å². The van der Waals surface area contributed by atoms with E-state index in [0.29, 0.717) is 0 Å². The van der Waals surface area contributed by atoms with Crippen LogP contribution in [0.25, 0.3) is 21.3 Å². The number of aromatic nitrogens is 2. The van der Waals surface area contributed by atoms with Gasteiger partial charge in [-0.1, -0.05) is 13.0 Å². The summed E-state index contributed by atoms with van der Waals surface area (Å²) >= 11 is 3.47. The summed E-state index contributed by atoms with van der Waals surface area (Å²) in [7, 11) is 0. The standard InChI is InChI=1S/C14H12N2S2/c1-2-10-6-7-13(18-10)12-9-17-14(16-12)11-5-3-4-8-15-11/h3-9H,2H2,1H3. The van der Waals surface area contributed by atoms with Crippen molar-refractivity contribution < 1.29 is 0 Å². The van der Waals surface area contributed by atoms with Crippen molar-refractivity contribution >= 4 is 22.7 Å². The number of aryl methyl sites for hydroxylation is 1. The van der Waals surface area contributed by atoms with Crippen molar-refractivity contribution in [3.05, 3.63) is 46.8 Å². The summed E-state index contributed by atoms with van der Waals surface area (Å²) in [5, 5.41) is 3.09. The molecule has 0 N–H and O–H groups in total. The van der Waals surface area contributed by atoms with Crippen molar-refractivity contribution in [2.75, 3.05) is 0 Å². The fraction of sp³-hybridized carbons (Fsp3) is 0.143. The minimum Gasteiger partial charge on any atom is -0.254 e. The Labute approximate surface area is 114 Å². The maximum atomic E-state index is 4.66. The lowest BCUT2D eigenvalue weighted by Crippen LogP contribution is -1.80. The number of pyridine rings is 1. The molecule has 0 aliphatic carbocycles. The molecule has 0 amide bonds. The zero-order valence-electron chi connectivity index (χ0n) is 9.96. The SMILES string of the molecule is CCc1ccc(-c2csc(-c3ccccn3)n2)s1. The van der Waals surface area contributed by atoms with E-state index in [1.54, 1.807) is 17.5 Å². The van der Waals surface area contributed by atoms with E-state index in [4.69, 9.17) is 0 Å². The Hall–Kier alpha value is -1.52. The summed E-state index contributed by atoms with van der Waals surface area (Å²) in [4.78, 5) is 11.6. The molecule has 0 aromatic carbocycles. The van der Waals surface area contributed by atoms with Crippen molar-refractivity contribution in [1.82, 2.24) is 9.97 Å². The first-order valence-electron chi connectivity index (χ1n) is 5.83. The summed E-state index contributed by atoms with van der Waals surface area (Å²) in [6.45, 7) is 2.18. The maximum absolute atomic E-state index is 4.66. The average Bonchev–Trinajstić information content (AvgIpc) is 3.08. The fourth-order valence-corrected chi connectivity index (χ4v) is 3.48. The molecule has 18 heavy (non-hydrogen) atoms. The van der Waals surface area contributed by atoms with Crippen molar-refractivity contribution in [3.8, 4) is 21.3 Å². The van der Waals surface area contributed by atoms with Crippen LogP contribution in [0.1, 0.15) is 11.8 Å². The van der Waals surface area contributed by atoms with Gasteiger partial charge in [-0.25, -0.2) is 4.98 Å². The van der Waals surface area contributed by atoms with Crippen LogP contribution in [-0.4, -0.2) is 9.97 Å². The van der Waals surface area contributed by atoms with Crippen LogP contribution in [0.4, 0.5) is 0 Å².